The van der Waals surface area contributed by atoms with Crippen molar-refractivity contribution in [1.82, 2.24) is 14.3 Å². The normalized spacial score (nSPS) is 23.1. The van der Waals surface area contributed by atoms with Gasteiger partial charge in [0.05, 0.1) is 0 Å². The van der Waals surface area contributed by atoms with Crippen molar-refractivity contribution in [3.8, 4) is 0 Å². The van der Waals surface area contributed by atoms with Crippen molar-refractivity contribution >= 4 is 11.6 Å². The van der Waals surface area contributed by atoms with Crippen molar-refractivity contribution in [2.24, 2.45) is 5.92 Å². The maximum Gasteiger partial charge on any atom is 0.408 e. The molecule has 1 aromatic carbocycles. The van der Waals surface area contributed by atoms with Gasteiger partial charge in [0.1, 0.15) is 18.0 Å². The molecule has 4 nitrogen and oxygen atoms in total. The Kier molecular flexibility index (Phi) is 5.89. The van der Waals surface area contributed by atoms with E-state index in [0.29, 0.717) is 41.0 Å². The number of hydrogen-bond donors (Lipinski definition) is 0. The summed E-state index contributed by atoms with van der Waals surface area (Å²) in [6, 6.07) is 6.93. The van der Waals surface area contributed by atoms with Gasteiger partial charge in [-0.1, -0.05) is 29.8 Å². The highest BCUT2D eigenvalue weighted by atomic mass is 35.5. The van der Waals surface area contributed by atoms with Gasteiger partial charge in [-0.05, 0) is 50.2 Å². The standard InChI is InChI=1S/C19H22ClF4N3O/c1-18(21)8-6-13(7-9-18)11-26-16(10-14-4-2-3-5-15(14)20)25-27(17(26)28)12-19(22,23)24/h2-5,13H,6-12H2,1H3. The Bertz CT molecular complexity index is 878. The third-order valence-corrected chi connectivity index (χ3v) is 5.59. The van der Waals surface area contributed by atoms with Crippen LogP contribution in [0.3, 0.4) is 0 Å². The third kappa shape index (κ3) is 5.16. The molecule has 1 saturated carbocycles. The molecule has 9 heteroatoms. The first-order chi connectivity index (χ1) is 13.0. The predicted octanol–water partition coefficient (Wildman–Crippen LogP) is 4.77. The van der Waals surface area contributed by atoms with Gasteiger partial charge in [0, 0.05) is 18.0 Å². The maximum atomic E-state index is 14.0. The molecule has 0 bridgehead atoms. The molecule has 28 heavy (non-hydrogen) atoms. The molecule has 3 rings (SSSR count). The second-order valence-corrected chi connectivity index (χ2v) is 8.11. The molecule has 154 valence electrons. The fraction of sp³-hybridized carbons (Fsp3) is 0.579. The van der Waals surface area contributed by atoms with E-state index in [1.165, 1.54) is 4.57 Å². The molecular formula is C19H22ClF4N3O. The summed E-state index contributed by atoms with van der Waals surface area (Å²) in [6.45, 7) is 0.341. The van der Waals surface area contributed by atoms with Gasteiger partial charge < -0.3 is 0 Å². The Morgan fingerprint density at radius 1 is 1.25 bits per heavy atom. The van der Waals surface area contributed by atoms with Crippen molar-refractivity contribution in [3.05, 3.63) is 51.2 Å². The maximum absolute atomic E-state index is 14.0. The summed E-state index contributed by atoms with van der Waals surface area (Å²) in [5, 5.41) is 4.40. The molecule has 0 unspecified atom stereocenters. The number of benzene rings is 1. The fourth-order valence-electron chi connectivity index (χ4n) is 3.61. The number of alkyl halides is 4. The molecule has 1 fully saturated rings. The molecule has 0 amide bonds. The summed E-state index contributed by atoms with van der Waals surface area (Å²) in [7, 11) is 0. The van der Waals surface area contributed by atoms with E-state index in [-0.39, 0.29) is 24.7 Å². The number of aromatic nitrogens is 3. The lowest BCUT2D eigenvalue weighted by Gasteiger charge is -2.31. The minimum atomic E-state index is -4.55. The molecule has 1 aliphatic carbocycles. The van der Waals surface area contributed by atoms with Crippen molar-refractivity contribution in [2.45, 2.75) is 64.0 Å². The number of halogens is 5. The summed E-state index contributed by atoms with van der Waals surface area (Å²) in [6.07, 6.45) is -2.49. The van der Waals surface area contributed by atoms with E-state index in [4.69, 9.17) is 11.6 Å². The average molecular weight is 420 g/mol. The minimum Gasteiger partial charge on any atom is -0.278 e. The monoisotopic (exact) mass is 419 g/mol. The predicted molar refractivity (Wildman–Crippen MR) is 98.3 cm³/mol. The minimum absolute atomic E-state index is 0.0232. The zero-order chi connectivity index (χ0) is 20.5. The molecule has 2 aromatic rings. The summed E-state index contributed by atoms with van der Waals surface area (Å²) < 4.78 is 54.3. The lowest BCUT2D eigenvalue weighted by atomic mass is 9.81. The van der Waals surface area contributed by atoms with Gasteiger partial charge in [-0.15, -0.1) is 0 Å². The Balaban J connectivity index is 1.89. The van der Waals surface area contributed by atoms with E-state index >= 15 is 0 Å². The second-order valence-electron chi connectivity index (χ2n) is 7.71. The molecule has 0 spiro atoms. The summed E-state index contributed by atoms with van der Waals surface area (Å²) in [5.74, 6) is 0.256. The summed E-state index contributed by atoms with van der Waals surface area (Å²) in [5.41, 5.74) is -1.34. The quantitative estimate of drug-likeness (QED) is 0.655. The Hall–Kier alpha value is -1.83. The van der Waals surface area contributed by atoms with Crippen LogP contribution in [0.25, 0.3) is 0 Å². The highest BCUT2D eigenvalue weighted by Crippen LogP contribution is 2.35. The second kappa shape index (κ2) is 7.89. The molecule has 1 aromatic heterocycles. The van der Waals surface area contributed by atoms with Crippen molar-refractivity contribution < 1.29 is 17.6 Å². The Morgan fingerprint density at radius 3 is 2.50 bits per heavy atom. The molecule has 0 N–H and O–H groups in total. The first-order valence-corrected chi connectivity index (χ1v) is 9.57. The number of nitrogens with zero attached hydrogens (tertiary/aromatic N) is 3. The highest BCUT2D eigenvalue weighted by Gasteiger charge is 2.33. The van der Waals surface area contributed by atoms with E-state index in [1.54, 1.807) is 31.2 Å². The van der Waals surface area contributed by atoms with Crippen molar-refractivity contribution in [1.29, 1.82) is 0 Å². The van der Waals surface area contributed by atoms with Crippen LogP contribution >= 0.6 is 11.6 Å². The van der Waals surface area contributed by atoms with Gasteiger partial charge in [0.15, 0.2) is 0 Å². The van der Waals surface area contributed by atoms with Crippen molar-refractivity contribution in [2.75, 3.05) is 0 Å². The van der Waals surface area contributed by atoms with Crippen LogP contribution in [0.5, 0.6) is 0 Å². The van der Waals surface area contributed by atoms with Crippen molar-refractivity contribution in [3.63, 3.8) is 0 Å². The fourth-order valence-corrected chi connectivity index (χ4v) is 3.81. The number of rotatable bonds is 5. The Labute approximate surface area is 165 Å². The SMILES string of the molecule is CC1(F)CCC(Cn2c(Cc3ccccc3Cl)nn(CC(F)(F)F)c2=O)CC1. The first kappa shape index (κ1) is 20.9. The lowest BCUT2D eigenvalue weighted by Crippen LogP contribution is -2.34. The van der Waals surface area contributed by atoms with Gasteiger partial charge in [-0.3, -0.25) is 4.57 Å². The van der Waals surface area contributed by atoms with E-state index in [9.17, 15) is 22.4 Å². The van der Waals surface area contributed by atoms with E-state index in [2.05, 4.69) is 5.10 Å². The topological polar surface area (TPSA) is 39.8 Å². The molecule has 1 heterocycles. The van der Waals surface area contributed by atoms with Crippen LogP contribution in [-0.2, 0) is 19.5 Å². The van der Waals surface area contributed by atoms with Gasteiger partial charge >= 0.3 is 11.9 Å². The molecular weight excluding hydrogens is 398 g/mol. The van der Waals surface area contributed by atoms with Gasteiger partial charge in [0.2, 0.25) is 0 Å². The van der Waals surface area contributed by atoms with Crippen LogP contribution < -0.4 is 5.69 Å². The molecule has 0 radical (unpaired) electrons. The average Bonchev–Trinajstić information content (AvgIpc) is 2.86. The van der Waals surface area contributed by atoms with E-state index in [0.717, 1.165) is 0 Å². The first-order valence-electron chi connectivity index (χ1n) is 9.20. The van der Waals surface area contributed by atoms with Crippen LogP contribution in [0.15, 0.2) is 29.1 Å². The smallest absolute Gasteiger partial charge is 0.278 e. The molecule has 1 aliphatic rings. The largest absolute Gasteiger partial charge is 0.408 e. The molecule has 0 aliphatic heterocycles. The van der Waals surface area contributed by atoms with Crippen LogP contribution in [0.1, 0.15) is 44.0 Å². The van der Waals surface area contributed by atoms with E-state index in [1.807, 2.05) is 0 Å². The summed E-state index contributed by atoms with van der Waals surface area (Å²) in [4.78, 5) is 12.6. The van der Waals surface area contributed by atoms with Crippen LogP contribution in [0.4, 0.5) is 17.6 Å². The zero-order valence-electron chi connectivity index (χ0n) is 15.5. The molecule has 0 saturated heterocycles. The Morgan fingerprint density at radius 2 is 1.89 bits per heavy atom. The molecule has 0 atom stereocenters. The zero-order valence-corrected chi connectivity index (χ0v) is 16.2. The van der Waals surface area contributed by atoms with Gasteiger partial charge in [0.25, 0.3) is 0 Å². The van der Waals surface area contributed by atoms with Gasteiger partial charge in [-0.25, -0.2) is 13.9 Å². The summed E-state index contributed by atoms with van der Waals surface area (Å²) >= 11 is 6.16. The van der Waals surface area contributed by atoms with Crippen LogP contribution in [0.2, 0.25) is 5.02 Å². The lowest BCUT2D eigenvalue weighted by molar-refractivity contribution is -0.143. The van der Waals surface area contributed by atoms with E-state index < -0.39 is 24.1 Å². The number of hydrogen-bond acceptors (Lipinski definition) is 2. The van der Waals surface area contributed by atoms with Crippen LogP contribution in [-0.4, -0.2) is 26.2 Å². The van der Waals surface area contributed by atoms with Gasteiger partial charge in [-0.2, -0.15) is 18.3 Å². The third-order valence-electron chi connectivity index (χ3n) is 5.22. The highest BCUT2D eigenvalue weighted by molar-refractivity contribution is 6.31. The van der Waals surface area contributed by atoms with Crippen LogP contribution in [0, 0.1) is 5.92 Å².